The summed E-state index contributed by atoms with van der Waals surface area (Å²) < 4.78 is 7.07. The van der Waals surface area contributed by atoms with Crippen LogP contribution in [-0.4, -0.2) is 35.0 Å². The van der Waals surface area contributed by atoms with E-state index in [0.29, 0.717) is 19.0 Å². The number of alkyl halides is 1. The average molecular weight is 254 g/mol. The van der Waals surface area contributed by atoms with Crippen LogP contribution in [0, 0.1) is 0 Å². The van der Waals surface area contributed by atoms with Gasteiger partial charge in [-0.3, -0.25) is 0 Å². The number of nitrogens with one attached hydrogen (secondary N) is 1. The molecule has 0 radical (unpaired) electrons. The lowest BCUT2D eigenvalue weighted by molar-refractivity contribution is 0.172. The van der Waals surface area contributed by atoms with Crippen LogP contribution in [0.25, 0.3) is 5.65 Å². The lowest BCUT2D eigenvalue weighted by Crippen LogP contribution is -2.34. The second-order valence-electron chi connectivity index (χ2n) is 3.89. The van der Waals surface area contributed by atoms with E-state index < -0.39 is 0 Å². The molecule has 0 aliphatic carbocycles. The minimum absolute atomic E-state index is 0.159. The van der Waals surface area contributed by atoms with E-state index in [1.54, 1.807) is 7.11 Å². The largest absolute Gasteiger partial charge is 0.383 e. The van der Waals surface area contributed by atoms with E-state index >= 15 is 0 Å². The first-order chi connectivity index (χ1) is 8.33. The van der Waals surface area contributed by atoms with Gasteiger partial charge in [0.2, 0.25) is 0 Å². The first kappa shape index (κ1) is 12.4. The summed E-state index contributed by atoms with van der Waals surface area (Å²) in [6, 6.07) is 6.11. The maximum absolute atomic E-state index is 5.82. The highest BCUT2D eigenvalue weighted by atomic mass is 35.5. The Balaban J connectivity index is 1.98. The Bertz CT molecular complexity index is 438. The van der Waals surface area contributed by atoms with Gasteiger partial charge in [-0.25, -0.2) is 4.98 Å². The topological polar surface area (TPSA) is 38.6 Å². The molecule has 2 aromatic heterocycles. The predicted octanol–water partition coefficient (Wildman–Crippen LogP) is 1.68. The van der Waals surface area contributed by atoms with Gasteiger partial charge >= 0.3 is 0 Å². The van der Waals surface area contributed by atoms with Crippen molar-refractivity contribution in [1.82, 2.24) is 14.7 Å². The van der Waals surface area contributed by atoms with Gasteiger partial charge in [0.1, 0.15) is 5.65 Å². The summed E-state index contributed by atoms with van der Waals surface area (Å²) in [5.74, 6) is 0.529. The highest BCUT2D eigenvalue weighted by molar-refractivity contribution is 6.18. The predicted molar refractivity (Wildman–Crippen MR) is 68.4 cm³/mol. The van der Waals surface area contributed by atoms with Crippen LogP contribution >= 0.6 is 11.6 Å². The number of fused-ring (bicyclic) bond motifs is 1. The minimum atomic E-state index is 0.159. The van der Waals surface area contributed by atoms with E-state index in [1.165, 1.54) is 0 Å². The maximum Gasteiger partial charge on any atom is 0.137 e. The highest BCUT2D eigenvalue weighted by Gasteiger charge is 2.07. The first-order valence-electron chi connectivity index (χ1n) is 5.54. The Kier molecular flexibility index (Phi) is 4.36. The molecule has 2 aromatic rings. The zero-order valence-electron chi connectivity index (χ0n) is 9.77. The number of nitrogens with zero attached hydrogens (tertiary/aromatic N) is 2. The third kappa shape index (κ3) is 3.19. The average Bonchev–Trinajstić information content (AvgIpc) is 2.77. The molecule has 0 aliphatic rings. The second-order valence-corrected chi connectivity index (χ2v) is 4.19. The number of ether oxygens (including phenoxy) is 1. The van der Waals surface area contributed by atoms with Crippen molar-refractivity contribution in [2.75, 3.05) is 19.6 Å². The Labute approximate surface area is 106 Å². The molecule has 0 saturated carbocycles. The molecular formula is C12H16ClN3O. The molecular weight excluding hydrogens is 238 g/mol. The van der Waals surface area contributed by atoms with Crippen molar-refractivity contribution in [3.05, 3.63) is 36.3 Å². The third-order valence-electron chi connectivity index (χ3n) is 2.54. The van der Waals surface area contributed by atoms with E-state index in [-0.39, 0.29) is 6.04 Å². The van der Waals surface area contributed by atoms with Crippen LogP contribution in [-0.2, 0) is 11.3 Å². The van der Waals surface area contributed by atoms with Crippen molar-refractivity contribution < 1.29 is 4.74 Å². The normalized spacial score (nSPS) is 13.1. The standard InChI is InChI=1S/C12H16ClN3O/c1-17-9-10(6-13)14-7-11-8-16-5-3-2-4-12(16)15-11/h2-5,8,10,14H,6-7,9H2,1H3. The van der Waals surface area contributed by atoms with Crippen molar-refractivity contribution in [3.63, 3.8) is 0 Å². The number of halogens is 1. The molecule has 0 aromatic carbocycles. The summed E-state index contributed by atoms with van der Waals surface area (Å²) in [5, 5.41) is 3.31. The lowest BCUT2D eigenvalue weighted by Gasteiger charge is -2.13. The highest BCUT2D eigenvalue weighted by Crippen LogP contribution is 2.04. The second kappa shape index (κ2) is 6.00. The molecule has 0 aliphatic heterocycles. The molecule has 0 saturated heterocycles. The van der Waals surface area contributed by atoms with Gasteiger partial charge in [0.05, 0.1) is 12.3 Å². The summed E-state index contributed by atoms with van der Waals surface area (Å²) in [4.78, 5) is 4.50. The third-order valence-corrected chi connectivity index (χ3v) is 2.91. The molecule has 0 spiro atoms. The van der Waals surface area contributed by atoms with E-state index in [1.807, 2.05) is 35.0 Å². The Morgan fingerprint density at radius 1 is 1.53 bits per heavy atom. The number of imidazole rings is 1. The Morgan fingerprint density at radius 3 is 3.12 bits per heavy atom. The van der Waals surface area contributed by atoms with Gasteiger partial charge in [-0.2, -0.15) is 0 Å². The molecule has 5 heteroatoms. The number of hydrogen-bond donors (Lipinski definition) is 1. The smallest absolute Gasteiger partial charge is 0.137 e. The fraction of sp³-hybridized carbons (Fsp3) is 0.417. The summed E-state index contributed by atoms with van der Waals surface area (Å²) in [6.45, 7) is 1.30. The van der Waals surface area contributed by atoms with Crippen LogP contribution in [0.3, 0.4) is 0 Å². The van der Waals surface area contributed by atoms with Gasteiger partial charge in [0, 0.05) is 38.0 Å². The van der Waals surface area contributed by atoms with E-state index in [4.69, 9.17) is 16.3 Å². The molecule has 1 unspecified atom stereocenters. The quantitative estimate of drug-likeness (QED) is 0.796. The van der Waals surface area contributed by atoms with Gasteiger partial charge in [0.15, 0.2) is 0 Å². The SMILES string of the molecule is COCC(CCl)NCc1cn2ccccc2n1. The number of rotatable bonds is 6. The fourth-order valence-electron chi connectivity index (χ4n) is 1.68. The minimum Gasteiger partial charge on any atom is -0.383 e. The lowest BCUT2D eigenvalue weighted by atomic mass is 10.3. The van der Waals surface area contributed by atoms with Gasteiger partial charge in [-0.15, -0.1) is 11.6 Å². The van der Waals surface area contributed by atoms with Gasteiger partial charge in [-0.1, -0.05) is 6.07 Å². The van der Waals surface area contributed by atoms with E-state index in [0.717, 1.165) is 11.3 Å². The molecule has 2 heterocycles. The zero-order chi connectivity index (χ0) is 12.1. The number of pyridine rings is 1. The van der Waals surface area contributed by atoms with Crippen LogP contribution in [0.5, 0.6) is 0 Å². The van der Waals surface area contributed by atoms with Crippen LogP contribution in [0.4, 0.5) is 0 Å². The number of hydrogen-bond acceptors (Lipinski definition) is 3. The Morgan fingerprint density at radius 2 is 2.41 bits per heavy atom. The zero-order valence-corrected chi connectivity index (χ0v) is 10.5. The van der Waals surface area contributed by atoms with Gasteiger partial charge < -0.3 is 14.5 Å². The van der Waals surface area contributed by atoms with E-state index in [2.05, 4.69) is 10.3 Å². The van der Waals surface area contributed by atoms with Crippen molar-refractivity contribution >= 4 is 17.2 Å². The fourth-order valence-corrected chi connectivity index (χ4v) is 1.88. The van der Waals surface area contributed by atoms with Crippen molar-refractivity contribution in [1.29, 1.82) is 0 Å². The number of methoxy groups -OCH3 is 1. The van der Waals surface area contributed by atoms with Crippen molar-refractivity contribution in [2.24, 2.45) is 0 Å². The van der Waals surface area contributed by atoms with Crippen LogP contribution in [0.1, 0.15) is 5.69 Å². The molecule has 1 atom stereocenters. The molecule has 0 amide bonds. The molecule has 0 bridgehead atoms. The molecule has 2 rings (SSSR count). The maximum atomic E-state index is 5.82. The number of aromatic nitrogens is 2. The summed E-state index contributed by atoms with van der Waals surface area (Å²) in [6.07, 6.45) is 4.00. The molecule has 4 nitrogen and oxygen atoms in total. The monoisotopic (exact) mass is 253 g/mol. The summed E-state index contributed by atoms with van der Waals surface area (Å²) >= 11 is 5.82. The molecule has 17 heavy (non-hydrogen) atoms. The van der Waals surface area contributed by atoms with Crippen LogP contribution in [0.2, 0.25) is 0 Å². The Hall–Kier alpha value is -1.10. The van der Waals surface area contributed by atoms with Crippen molar-refractivity contribution in [2.45, 2.75) is 12.6 Å². The van der Waals surface area contributed by atoms with E-state index in [9.17, 15) is 0 Å². The molecule has 1 N–H and O–H groups in total. The molecule has 0 fully saturated rings. The first-order valence-corrected chi connectivity index (χ1v) is 6.08. The summed E-state index contributed by atoms with van der Waals surface area (Å²) in [7, 11) is 1.67. The van der Waals surface area contributed by atoms with Crippen LogP contribution in [0.15, 0.2) is 30.6 Å². The van der Waals surface area contributed by atoms with Crippen LogP contribution < -0.4 is 5.32 Å². The van der Waals surface area contributed by atoms with Crippen molar-refractivity contribution in [3.8, 4) is 0 Å². The molecule has 92 valence electrons. The van der Waals surface area contributed by atoms with Gasteiger partial charge in [0.25, 0.3) is 0 Å². The van der Waals surface area contributed by atoms with Gasteiger partial charge in [-0.05, 0) is 12.1 Å². The summed E-state index contributed by atoms with van der Waals surface area (Å²) in [5.41, 5.74) is 1.96.